The number of ether oxygens (including phenoxy) is 1. The van der Waals surface area contributed by atoms with Gasteiger partial charge in [-0.2, -0.15) is 13.2 Å². The van der Waals surface area contributed by atoms with Crippen LogP contribution in [-0.2, 0) is 17.5 Å². The van der Waals surface area contributed by atoms with Gasteiger partial charge >= 0.3 is 6.18 Å². The van der Waals surface area contributed by atoms with Gasteiger partial charge in [-0.1, -0.05) is 29.8 Å². The molecule has 10 heteroatoms. The summed E-state index contributed by atoms with van der Waals surface area (Å²) in [5.41, 5.74) is -0.544. The van der Waals surface area contributed by atoms with Gasteiger partial charge in [0, 0.05) is 30.6 Å². The second kappa shape index (κ2) is 10.9. The van der Waals surface area contributed by atoms with Crippen molar-refractivity contribution in [2.24, 2.45) is 11.3 Å². The molecule has 1 amide bonds. The van der Waals surface area contributed by atoms with Crippen molar-refractivity contribution in [1.29, 1.82) is 0 Å². The molecular formula is C26H29ClF4N2O3. The second-order valence-electron chi connectivity index (χ2n) is 9.79. The highest BCUT2D eigenvalue weighted by Crippen LogP contribution is 2.48. The fourth-order valence-electron chi connectivity index (χ4n) is 5.38. The Bertz CT molecular complexity index is 1070. The maximum absolute atomic E-state index is 13.6. The van der Waals surface area contributed by atoms with E-state index in [2.05, 4.69) is 10.6 Å². The maximum Gasteiger partial charge on any atom is 0.416 e. The lowest BCUT2D eigenvalue weighted by atomic mass is 9.70. The molecule has 2 unspecified atom stereocenters. The van der Waals surface area contributed by atoms with E-state index in [1.165, 1.54) is 18.2 Å². The number of fused-ring (bicyclic) bond motifs is 4. The quantitative estimate of drug-likeness (QED) is 0.417. The van der Waals surface area contributed by atoms with Crippen LogP contribution in [-0.4, -0.2) is 36.3 Å². The molecule has 0 aromatic heterocycles. The molecule has 2 bridgehead atoms. The normalized spacial score (nSPS) is 25.9. The second-order valence-corrected chi connectivity index (χ2v) is 10.2. The van der Waals surface area contributed by atoms with Crippen molar-refractivity contribution in [3.8, 4) is 5.75 Å². The summed E-state index contributed by atoms with van der Waals surface area (Å²) in [6.07, 6.45) is -1.48. The third-order valence-corrected chi connectivity index (χ3v) is 7.75. The number of carbonyl (C=O) groups is 1. The molecule has 0 radical (unpaired) electrons. The van der Waals surface area contributed by atoms with Gasteiger partial charge in [0.25, 0.3) is 5.91 Å². The van der Waals surface area contributed by atoms with Gasteiger partial charge in [-0.25, -0.2) is 4.39 Å². The molecule has 2 aromatic rings. The first-order chi connectivity index (χ1) is 17.1. The van der Waals surface area contributed by atoms with Crippen LogP contribution in [0.1, 0.15) is 43.2 Å². The minimum Gasteiger partial charge on any atom is -0.484 e. The Kier molecular flexibility index (Phi) is 8.12. The standard InChI is InChI=1S/C26H29ClF4N2O3/c27-20-5-4-19(11-21(20)28)36-14-24(35)33-22-12-23(34)25(8-6-17(22)7-9-25)15-32-13-16-2-1-3-18(10-16)26(29,30)31/h1-5,10-11,17,22-23,32,34H,6-9,12-15H2,(H,33,35). The summed E-state index contributed by atoms with van der Waals surface area (Å²) in [4.78, 5) is 12.5. The van der Waals surface area contributed by atoms with Crippen LogP contribution in [0, 0.1) is 17.2 Å². The summed E-state index contributed by atoms with van der Waals surface area (Å²) in [5.74, 6) is -0.578. The number of carbonyl (C=O) groups excluding carboxylic acids is 1. The zero-order chi connectivity index (χ0) is 25.9. The lowest BCUT2D eigenvalue weighted by Gasteiger charge is -2.40. The number of hydrogen-bond donors (Lipinski definition) is 3. The molecule has 3 fully saturated rings. The molecule has 3 aliphatic rings. The molecule has 0 heterocycles. The van der Waals surface area contributed by atoms with Gasteiger partial charge < -0.3 is 20.5 Å². The van der Waals surface area contributed by atoms with Gasteiger partial charge in [-0.15, -0.1) is 0 Å². The van der Waals surface area contributed by atoms with E-state index in [0.29, 0.717) is 18.5 Å². The van der Waals surface area contributed by atoms with Crippen molar-refractivity contribution < 1.29 is 32.2 Å². The number of benzene rings is 2. The van der Waals surface area contributed by atoms with Crippen molar-refractivity contribution >= 4 is 17.5 Å². The van der Waals surface area contributed by atoms with Crippen molar-refractivity contribution in [2.45, 2.75) is 57.0 Å². The largest absolute Gasteiger partial charge is 0.484 e. The van der Waals surface area contributed by atoms with Gasteiger partial charge in [0.15, 0.2) is 6.61 Å². The number of aliphatic hydroxyl groups excluding tert-OH is 1. The number of halogens is 5. The van der Waals surface area contributed by atoms with Gasteiger partial charge in [0.05, 0.1) is 16.7 Å². The fraction of sp³-hybridized carbons (Fsp3) is 0.500. The van der Waals surface area contributed by atoms with Crippen LogP contribution >= 0.6 is 11.6 Å². The van der Waals surface area contributed by atoms with Gasteiger partial charge in [0.2, 0.25) is 0 Å². The smallest absolute Gasteiger partial charge is 0.416 e. The molecule has 0 aliphatic heterocycles. The number of rotatable bonds is 8. The minimum absolute atomic E-state index is 0.0340. The van der Waals surface area contributed by atoms with Crippen LogP contribution in [0.4, 0.5) is 17.6 Å². The zero-order valence-corrected chi connectivity index (χ0v) is 20.3. The molecular weight excluding hydrogens is 500 g/mol. The topological polar surface area (TPSA) is 70.6 Å². The first-order valence-electron chi connectivity index (χ1n) is 12.0. The summed E-state index contributed by atoms with van der Waals surface area (Å²) in [5, 5.41) is 17.3. The van der Waals surface area contributed by atoms with Crippen LogP contribution in [0.2, 0.25) is 5.02 Å². The highest BCUT2D eigenvalue weighted by molar-refractivity contribution is 6.30. The SMILES string of the molecule is O=C(COc1ccc(Cl)c(F)c1)NC1CC(O)C2(CNCc3cccc(C(F)(F)F)c3)CCC1CC2. The summed E-state index contributed by atoms with van der Waals surface area (Å²) < 4.78 is 57.9. The molecule has 5 rings (SSSR count). The summed E-state index contributed by atoms with van der Waals surface area (Å²) in [7, 11) is 0. The van der Waals surface area contributed by atoms with E-state index in [9.17, 15) is 27.5 Å². The molecule has 2 aromatic carbocycles. The molecule has 0 spiro atoms. The number of nitrogens with one attached hydrogen (secondary N) is 2. The molecule has 196 valence electrons. The number of amides is 1. The molecule has 36 heavy (non-hydrogen) atoms. The molecule has 2 atom stereocenters. The lowest BCUT2D eigenvalue weighted by Crippen LogP contribution is -2.44. The Morgan fingerprint density at radius 1 is 1.17 bits per heavy atom. The van der Waals surface area contributed by atoms with Crippen molar-refractivity contribution in [2.75, 3.05) is 13.2 Å². The maximum atomic E-state index is 13.6. The number of hydrogen-bond acceptors (Lipinski definition) is 4. The van der Waals surface area contributed by atoms with E-state index in [4.69, 9.17) is 16.3 Å². The van der Waals surface area contributed by atoms with Gasteiger partial charge in [-0.3, -0.25) is 4.79 Å². The zero-order valence-electron chi connectivity index (χ0n) is 19.6. The van der Waals surface area contributed by atoms with E-state index in [1.807, 2.05) is 0 Å². The van der Waals surface area contributed by atoms with Crippen LogP contribution < -0.4 is 15.4 Å². The van der Waals surface area contributed by atoms with Crippen molar-refractivity contribution in [1.82, 2.24) is 10.6 Å². The molecule has 3 aliphatic carbocycles. The van der Waals surface area contributed by atoms with Crippen LogP contribution in [0.25, 0.3) is 0 Å². The third-order valence-electron chi connectivity index (χ3n) is 7.45. The Hall–Kier alpha value is -2.36. The monoisotopic (exact) mass is 528 g/mol. The van der Waals surface area contributed by atoms with E-state index >= 15 is 0 Å². The van der Waals surface area contributed by atoms with Crippen molar-refractivity contribution in [3.05, 3.63) is 64.4 Å². The number of aliphatic hydroxyl groups is 1. The Balaban J connectivity index is 1.30. The van der Waals surface area contributed by atoms with E-state index < -0.39 is 29.1 Å². The highest BCUT2D eigenvalue weighted by atomic mass is 35.5. The Morgan fingerprint density at radius 2 is 1.92 bits per heavy atom. The first-order valence-corrected chi connectivity index (χ1v) is 12.4. The summed E-state index contributed by atoms with van der Waals surface area (Å²) >= 11 is 5.65. The highest BCUT2D eigenvalue weighted by Gasteiger charge is 2.47. The predicted octanol–water partition coefficient (Wildman–Crippen LogP) is 5.09. The first kappa shape index (κ1) is 26.7. The predicted molar refractivity (Wildman–Crippen MR) is 127 cm³/mol. The molecule has 0 saturated heterocycles. The van der Waals surface area contributed by atoms with Crippen LogP contribution in [0.15, 0.2) is 42.5 Å². The Labute approximate surface area is 212 Å². The number of alkyl halides is 3. The van der Waals surface area contributed by atoms with E-state index in [1.54, 1.807) is 6.07 Å². The summed E-state index contributed by atoms with van der Waals surface area (Å²) in [6, 6.07) is 8.95. The molecule has 3 saturated carbocycles. The average Bonchev–Trinajstić information content (AvgIpc) is 3.04. The van der Waals surface area contributed by atoms with Crippen LogP contribution in [0.5, 0.6) is 5.75 Å². The summed E-state index contributed by atoms with van der Waals surface area (Å²) in [6.45, 7) is 0.456. The van der Waals surface area contributed by atoms with Gasteiger partial charge in [-0.05, 0) is 61.8 Å². The van der Waals surface area contributed by atoms with Crippen LogP contribution in [0.3, 0.4) is 0 Å². The molecule has 3 N–H and O–H groups in total. The minimum atomic E-state index is -4.39. The fourth-order valence-corrected chi connectivity index (χ4v) is 5.50. The van der Waals surface area contributed by atoms with E-state index in [-0.39, 0.29) is 41.8 Å². The van der Waals surface area contributed by atoms with E-state index in [0.717, 1.165) is 43.9 Å². The van der Waals surface area contributed by atoms with Gasteiger partial charge in [0.1, 0.15) is 11.6 Å². The average molecular weight is 529 g/mol. The lowest BCUT2D eigenvalue weighted by molar-refractivity contribution is -0.137. The Morgan fingerprint density at radius 3 is 2.61 bits per heavy atom. The van der Waals surface area contributed by atoms with Crippen molar-refractivity contribution in [3.63, 3.8) is 0 Å². The molecule has 5 nitrogen and oxygen atoms in total. The third kappa shape index (κ3) is 6.30.